The molecule has 0 spiro atoms. The largest absolute Gasteiger partial charge is 0.497 e. The van der Waals surface area contributed by atoms with E-state index in [0.717, 1.165) is 0 Å². The minimum absolute atomic E-state index is 0.278. The molecule has 130 valence electrons. The second kappa shape index (κ2) is 6.31. The van der Waals surface area contributed by atoms with Crippen molar-refractivity contribution < 1.29 is 23.8 Å². The number of hydrogen-bond acceptors (Lipinski definition) is 6. The first-order valence-corrected chi connectivity index (χ1v) is 7.47. The zero-order valence-electron chi connectivity index (χ0n) is 14.0. The van der Waals surface area contributed by atoms with Crippen LogP contribution in [-0.4, -0.2) is 36.6 Å². The lowest BCUT2D eigenvalue weighted by atomic mass is 10.0. The molecule has 0 radical (unpaired) electrons. The maximum atomic E-state index is 12.7. The zero-order chi connectivity index (χ0) is 18.0. The third kappa shape index (κ3) is 2.93. The van der Waals surface area contributed by atoms with Gasteiger partial charge < -0.3 is 24.8 Å². The Balaban J connectivity index is 1.87. The van der Waals surface area contributed by atoms with Crippen molar-refractivity contribution in [2.45, 2.75) is 12.5 Å². The van der Waals surface area contributed by atoms with Gasteiger partial charge in [-0.15, -0.1) is 0 Å². The number of aromatic nitrogens is 1. The van der Waals surface area contributed by atoms with Crippen molar-refractivity contribution in [1.82, 2.24) is 4.98 Å². The average molecular weight is 343 g/mol. The molecule has 2 amide bonds. The Morgan fingerprint density at radius 1 is 1.28 bits per heavy atom. The van der Waals surface area contributed by atoms with Crippen molar-refractivity contribution >= 4 is 23.3 Å². The van der Waals surface area contributed by atoms with Gasteiger partial charge in [0, 0.05) is 12.3 Å². The Labute approximate surface area is 144 Å². The van der Waals surface area contributed by atoms with Gasteiger partial charge in [-0.1, -0.05) is 0 Å². The SMILES string of the molecule is COc1ccc(NC(=O)[C@@]2(C)Oc3cccnc3NC2=O)c(OC)c1. The number of nitrogens with zero attached hydrogens (tertiary/aromatic N) is 1. The Kier molecular flexibility index (Phi) is 4.18. The van der Waals surface area contributed by atoms with Gasteiger partial charge in [0.2, 0.25) is 0 Å². The van der Waals surface area contributed by atoms with Crippen LogP contribution in [0.25, 0.3) is 0 Å². The molecule has 2 N–H and O–H groups in total. The summed E-state index contributed by atoms with van der Waals surface area (Å²) >= 11 is 0. The van der Waals surface area contributed by atoms with Crippen LogP contribution in [0.5, 0.6) is 17.2 Å². The van der Waals surface area contributed by atoms with Gasteiger partial charge >= 0.3 is 0 Å². The molecule has 0 aliphatic carbocycles. The summed E-state index contributed by atoms with van der Waals surface area (Å²) in [6.45, 7) is 1.39. The quantitative estimate of drug-likeness (QED) is 0.822. The second-order valence-electron chi connectivity index (χ2n) is 5.46. The van der Waals surface area contributed by atoms with Crippen LogP contribution in [0.2, 0.25) is 0 Å². The van der Waals surface area contributed by atoms with Crippen molar-refractivity contribution in [1.29, 1.82) is 0 Å². The topological polar surface area (TPSA) is 98.8 Å². The number of fused-ring (bicyclic) bond motifs is 1. The van der Waals surface area contributed by atoms with Crippen LogP contribution >= 0.6 is 0 Å². The standard InChI is InChI=1S/C17H17N3O5/c1-17(16(22)20-14-12(25-17)5-4-8-18-14)15(21)19-11-7-6-10(23-2)9-13(11)24-3/h4-9H,1-3H3,(H,19,21)(H,18,20,22)/t17-/m1/s1. The van der Waals surface area contributed by atoms with E-state index in [1.54, 1.807) is 30.3 Å². The lowest BCUT2D eigenvalue weighted by Crippen LogP contribution is -2.56. The van der Waals surface area contributed by atoms with Crippen molar-refractivity contribution in [2.75, 3.05) is 24.9 Å². The zero-order valence-corrected chi connectivity index (χ0v) is 14.0. The molecule has 1 aliphatic heterocycles. The molecule has 0 saturated heterocycles. The number of pyridine rings is 1. The molecular formula is C17H17N3O5. The smallest absolute Gasteiger partial charge is 0.279 e. The predicted molar refractivity (Wildman–Crippen MR) is 90.1 cm³/mol. The van der Waals surface area contributed by atoms with Crippen LogP contribution in [0.4, 0.5) is 11.5 Å². The molecule has 8 heteroatoms. The molecule has 1 aromatic heterocycles. The molecule has 2 aromatic rings. The predicted octanol–water partition coefficient (Wildman–Crippen LogP) is 1.83. The van der Waals surface area contributed by atoms with Crippen LogP contribution in [0.15, 0.2) is 36.5 Å². The third-order valence-electron chi connectivity index (χ3n) is 3.84. The molecule has 0 bridgehead atoms. The van der Waals surface area contributed by atoms with Crippen LogP contribution in [0.1, 0.15) is 6.92 Å². The number of rotatable bonds is 4. The van der Waals surface area contributed by atoms with Gasteiger partial charge in [-0.05, 0) is 31.2 Å². The fraction of sp³-hybridized carbons (Fsp3) is 0.235. The number of anilines is 2. The number of hydrogen-bond donors (Lipinski definition) is 2. The van der Waals surface area contributed by atoms with Gasteiger partial charge in [-0.25, -0.2) is 4.98 Å². The van der Waals surface area contributed by atoms with Crippen molar-refractivity contribution in [2.24, 2.45) is 0 Å². The molecule has 1 aliphatic rings. The van der Waals surface area contributed by atoms with E-state index in [0.29, 0.717) is 22.9 Å². The van der Waals surface area contributed by atoms with Crippen molar-refractivity contribution in [3.8, 4) is 17.2 Å². The normalized spacial score (nSPS) is 18.4. The summed E-state index contributed by atoms with van der Waals surface area (Å²) in [5, 5.41) is 5.24. The molecule has 1 atom stereocenters. The van der Waals surface area contributed by atoms with Crippen molar-refractivity contribution in [3.05, 3.63) is 36.5 Å². The van der Waals surface area contributed by atoms with Gasteiger partial charge in [0.25, 0.3) is 17.4 Å². The van der Waals surface area contributed by atoms with E-state index in [2.05, 4.69) is 15.6 Å². The summed E-state index contributed by atoms with van der Waals surface area (Å²) < 4.78 is 16.0. The number of carbonyl (C=O) groups is 2. The second-order valence-corrected chi connectivity index (χ2v) is 5.46. The highest BCUT2D eigenvalue weighted by atomic mass is 16.5. The highest BCUT2D eigenvalue weighted by Gasteiger charge is 2.47. The first-order chi connectivity index (χ1) is 12.0. The van der Waals surface area contributed by atoms with Gasteiger partial charge in [-0.3, -0.25) is 9.59 Å². The highest BCUT2D eigenvalue weighted by molar-refractivity contribution is 6.18. The van der Waals surface area contributed by atoms with E-state index >= 15 is 0 Å². The van der Waals surface area contributed by atoms with Crippen molar-refractivity contribution in [3.63, 3.8) is 0 Å². The summed E-state index contributed by atoms with van der Waals surface area (Å²) in [5.41, 5.74) is -1.36. The van der Waals surface area contributed by atoms with E-state index in [4.69, 9.17) is 14.2 Å². The van der Waals surface area contributed by atoms with E-state index in [1.807, 2.05) is 0 Å². The molecule has 0 saturated carbocycles. The Hall–Kier alpha value is -3.29. The van der Waals surface area contributed by atoms with Gasteiger partial charge in [0.05, 0.1) is 19.9 Å². The number of ether oxygens (including phenoxy) is 3. The Morgan fingerprint density at radius 3 is 2.80 bits per heavy atom. The molecule has 3 rings (SSSR count). The van der Waals surface area contributed by atoms with Crippen LogP contribution in [0.3, 0.4) is 0 Å². The number of methoxy groups -OCH3 is 2. The number of carbonyl (C=O) groups excluding carboxylic acids is 2. The monoisotopic (exact) mass is 343 g/mol. The summed E-state index contributed by atoms with van der Waals surface area (Å²) in [7, 11) is 3.00. The summed E-state index contributed by atoms with van der Waals surface area (Å²) in [6, 6.07) is 8.19. The molecular weight excluding hydrogens is 326 g/mol. The molecule has 1 aromatic carbocycles. The number of amides is 2. The lowest BCUT2D eigenvalue weighted by Gasteiger charge is -2.32. The lowest BCUT2D eigenvalue weighted by molar-refractivity contribution is -0.143. The fourth-order valence-corrected chi connectivity index (χ4v) is 2.35. The minimum Gasteiger partial charge on any atom is -0.497 e. The molecule has 0 unspecified atom stereocenters. The highest BCUT2D eigenvalue weighted by Crippen LogP contribution is 2.34. The number of benzene rings is 1. The van der Waals surface area contributed by atoms with E-state index < -0.39 is 17.4 Å². The first-order valence-electron chi connectivity index (χ1n) is 7.47. The third-order valence-corrected chi connectivity index (χ3v) is 3.84. The van der Waals surface area contributed by atoms with Crippen LogP contribution in [-0.2, 0) is 9.59 Å². The average Bonchev–Trinajstić information content (AvgIpc) is 2.62. The van der Waals surface area contributed by atoms with Gasteiger partial charge in [-0.2, -0.15) is 0 Å². The first kappa shape index (κ1) is 16.6. The molecule has 8 nitrogen and oxygen atoms in total. The van der Waals surface area contributed by atoms with E-state index in [1.165, 1.54) is 27.3 Å². The summed E-state index contributed by atoms with van der Waals surface area (Å²) in [4.78, 5) is 29.1. The maximum Gasteiger partial charge on any atom is 0.279 e. The molecule has 25 heavy (non-hydrogen) atoms. The van der Waals surface area contributed by atoms with Gasteiger partial charge in [0.15, 0.2) is 11.6 Å². The molecule has 2 heterocycles. The van der Waals surface area contributed by atoms with Gasteiger partial charge in [0.1, 0.15) is 11.5 Å². The minimum atomic E-state index is -1.75. The molecule has 0 fully saturated rings. The van der Waals surface area contributed by atoms with E-state index in [9.17, 15) is 9.59 Å². The number of nitrogens with one attached hydrogen (secondary N) is 2. The fourth-order valence-electron chi connectivity index (χ4n) is 2.35. The summed E-state index contributed by atoms with van der Waals surface area (Å²) in [5.74, 6) is 0.329. The maximum absolute atomic E-state index is 12.7. The van der Waals surface area contributed by atoms with Crippen LogP contribution < -0.4 is 24.8 Å². The Morgan fingerprint density at radius 2 is 2.08 bits per heavy atom. The summed E-state index contributed by atoms with van der Waals surface area (Å²) in [6.07, 6.45) is 1.52. The van der Waals surface area contributed by atoms with Crippen LogP contribution in [0, 0.1) is 0 Å². The van der Waals surface area contributed by atoms with E-state index in [-0.39, 0.29) is 5.82 Å². The Bertz CT molecular complexity index is 839.